The van der Waals surface area contributed by atoms with Crippen LogP contribution in [0.25, 0.3) is 0 Å². The number of ether oxygens (including phenoxy) is 1. The molecule has 0 unspecified atom stereocenters. The van der Waals surface area contributed by atoms with Crippen molar-refractivity contribution in [1.82, 2.24) is 4.98 Å². The second-order valence-electron chi connectivity index (χ2n) is 3.97. The van der Waals surface area contributed by atoms with Crippen LogP contribution in [0.3, 0.4) is 0 Å². The number of halogens is 1. The minimum atomic E-state index is -0.649. The molecule has 1 heterocycles. The Labute approximate surface area is 120 Å². The highest BCUT2D eigenvalue weighted by Crippen LogP contribution is 2.24. The van der Waals surface area contributed by atoms with E-state index in [1.165, 1.54) is 11.3 Å². The molecule has 1 aromatic carbocycles. The molecule has 0 saturated heterocycles. The molecular formula is C13H13ClN2O2S. The average Bonchev–Trinajstić information content (AvgIpc) is 2.77. The summed E-state index contributed by atoms with van der Waals surface area (Å²) in [7, 11) is 0. The number of hydrogen-bond acceptors (Lipinski definition) is 4. The third-order valence-electron chi connectivity index (χ3n) is 2.36. The lowest BCUT2D eigenvalue weighted by atomic mass is 10.3. The van der Waals surface area contributed by atoms with Gasteiger partial charge in [-0.25, -0.2) is 4.98 Å². The van der Waals surface area contributed by atoms with Crippen LogP contribution in [0.15, 0.2) is 29.6 Å². The maximum Gasteiger partial charge on any atom is 0.266 e. The van der Waals surface area contributed by atoms with Gasteiger partial charge in [0.15, 0.2) is 11.2 Å². The number of aromatic nitrogens is 1. The van der Waals surface area contributed by atoms with E-state index in [1.54, 1.807) is 31.2 Å². The van der Waals surface area contributed by atoms with Gasteiger partial charge in [0.25, 0.3) is 5.91 Å². The molecule has 1 N–H and O–H groups in total. The Morgan fingerprint density at radius 1 is 1.47 bits per heavy atom. The van der Waals surface area contributed by atoms with Crippen LogP contribution >= 0.6 is 22.9 Å². The molecule has 2 aromatic rings. The van der Waals surface area contributed by atoms with Gasteiger partial charge in [-0.05, 0) is 26.0 Å². The van der Waals surface area contributed by atoms with Crippen LogP contribution in [0.4, 0.5) is 5.13 Å². The number of nitrogens with one attached hydrogen (secondary N) is 1. The molecule has 0 aliphatic carbocycles. The molecule has 0 bridgehead atoms. The second-order valence-corrected chi connectivity index (χ2v) is 5.24. The molecule has 2 rings (SSSR count). The van der Waals surface area contributed by atoms with E-state index in [0.717, 1.165) is 5.69 Å². The third kappa shape index (κ3) is 3.68. The smallest absolute Gasteiger partial charge is 0.266 e. The highest BCUT2D eigenvalue weighted by molar-refractivity contribution is 7.13. The van der Waals surface area contributed by atoms with Crippen molar-refractivity contribution in [2.75, 3.05) is 5.32 Å². The number of thiazole rings is 1. The van der Waals surface area contributed by atoms with Crippen LogP contribution in [-0.4, -0.2) is 17.0 Å². The molecule has 6 heteroatoms. The fraction of sp³-hybridized carbons (Fsp3) is 0.231. The molecular weight excluding hydrogens is 284 g/mol. The predicted molar refractivity (Wildman–Crippen MR) is 77.0 cm³/mol. The Morgan fingerprint density at radius 3 is 2.84 bits per heavy atom. The van der Waals surface area contributed by atoms with Crippen molar-refractivity contribution in [3.63, 3.8) is 0 Å². The number of nitrogens with zero attached hydrogens (tertiary/aromatic N) is 1. The van der Waals surface area contributed by atoms with E-state index < -0.39 is 6.10 Å². The molecule has 100 valence electrons. The van der Waals surface area contributed by atoms with E-state index in [2.05, 4.69) is 10.3 Å². The van der Waals surface area contributed by atoms with E-state index in [-0.39, 0.29) is 5.91 Å². The van der Waals surface area contributed by atoms with Gasteiger partial charge in [-0.3, -0.25) is 10.1 Å². The van der Waals surface area contributed by atoms with Crippen molar-refractivity contribution in [3.8, 4) is 5.75 Å². The van der Waals surface area contributed by atoms with Crippen molar-refractivity contribution < 1.29 is 9.53 Å². The van der Waals surface area contributed by atoms with Crippen molar-refractivity contribution >= 4 is 34.0 Å². The minimum absolute atomic E-state index is 0.255. The number of carbonyl (C=O) groups excluding carboxylic acids is 1. The fourth-order valence-corrected chi connectivity index (χ4v) is 2.27. The molecule has 0 spiro atoms. The third-order valence-corrected chi connectivity index (χ3v) is 3.55. The number of aryl methyl sites for hydroxylation is 1. The molecule has 0 saturated carbocycles. The van der Waals surface area contributed by atoms with Crippen LogP contribution < -0.4 is 10.1 Å². The topological polar surface area (TPSA) is 51.2 Å². The lowest BCUT2D eigenvalue weighted by Crippen LogP contribution is -2.30. The van der Waals surface area contributed by atoms with Gasteiger partial charge in [-0.1, -0.05) is 23.7 Å². The van der Waals surface area contributed by atoms with Gasteiger partial charge in [0.05, 0.1) is 10.7 Å². The SMILES string of the molecule is Cc1csc(NC(=O)[C@@H](C)Oc2ccccc2Cl)n1. The second kappa shape index (κ2) is 6.04. The summed E-state index contributed by atoms with van der Waals surface area (Å²) in [5, 5.41) is 5.62. The van der Waals surface area contributed by atoms with E-state index >= 15 is 0 Å². The molecule has 0 aliphatic heterocycles. The highest BCUT2D eigenvalue weighted by atomic mass is 35.5. The maximum atomic E-state index is 11.9. The predicted octanol–water partition coefficient (Wildman–Crippen LogP) is 3.51. The van der Waals surface area contributed by atoms with E-state index in [9.17, 15) is 4.79 Å². The van der Waals surface area contributed by atoms with Gasteiger partial charge in [0.2, 0.25) is 0 Å². The van der Waals surface area contributed by atoms with Crippen molar-refractivity contribution in [2.24, 2.45) is 0 Å². The zero-order chi connectivity index (χ0) is 13.8. The summed E-state index contributed by atoms with van der Waals surface area (Å²) < 4.78 is 5.52. The Balaban J connectivity index is 1.98. The molecule has 0 radical (unpaired) electrons. The van der Waals surface area contributed by atoms with Crippen LogP contribution in [0.1, 0.15) is 12.6 Å². The minimum Gasteiger partial charge on any atom is -0.479 e. The van der Waals surface area contributed by atoms with Crippen molar-refractivity contribution in [1.29, 1.82) is 0 Å². The van der Waals surface area contributed by atoms with Gasteiger partial charge < -0.3 is 4.74 Å². The molecule has 1 aromatic heterocycles. The normalized spacial score (nSPS) is 11.9. The Kier molecular flexibility index (Phi) is 4.39. The lowest BCUT2D eigenvalue weighted by Gasteiger charge is -2.14. The average molecular weight is 297 g/mol. The zero-order valence-corrected chi connectivity index (χ0v) is 12.1. The van der Waals surface area contributed by atoms with E-state index in [1.807, 2.05) is 12.3 Å². The summed E-state index contributed by atoms with van der Waals surface area (Å²) in [4.78, 5) is 16.1. The van der Waals surface area contributed by atoms with Crippen LogP contribution in [0.2, 0.25) is 5.02 Å². The maximum absolute atomic E-state index is 11.9. The van der Waals surface area contributed by atoms with Crippen LogP contribution in [0, 0.1) is 6.92 Å². The van der Waals surface area contributed by atoms with Gasteiger partial charge in [0.1, 0.15) is 5.75 Å². The molecule has 1 atom stereocenters. The standard InChI is InChI=1S/C13H13ClN2O2S/c1-8-7-19-13(15-8)16-12(17)9(2)18-11-6-4-3-5-10(11)14/h3-7,9H,1-2H3,(H,15,16,17)/t9-/m1/s1. The van der Waals surface area contributed by atoms with Gasteiger partial charge in [-0.15, -0.1) is 11.3 Å². The Hall–Kier alpha value is -1.59. The first kappa shape index (κ1) is 13.8. The summed E-state index contributed by atoms with van der Waals surface area (Å²) in [6.07, 6.45) is -0.649. The Bertz CT molecular complexity index is 586. The molecule has 4 nitrogen and oxygen atoms in total. The number of anilines is 1. The number of carbonyl (C=O) groups is 1. The summed E-state index contributed by atoms with van der Waals surface area (Å²) in [6.45, 7) is 3.54. The number of rotatable bonds is 4. The van der Waals surface area contributed by atoms with Crippen LogP contribution in [-0.2, 0) is 4.79 Å². The summed E-state index contributed by atoms with van der Waals surface area (Å²) >= 11 is 7.35. The monoisotopic (exact) mass is 296 g/mol. The molecule has 19 heavy (non-hydrogen) atoms. The largest absolute Gasteiger partial charge is 0.479 e. The number of hydrogen-bond donors (Lipinski definition) is 1. The van der Waals surface area contributed by atoms with Gasteiger partial charge in [-0.2, -0.15) is 0 Å². The lowest BCUT2D eigenvalue weighted by molar-refractivity contribution is -0.122. The first-order chi connectivity index (χ1) is 9.06. The molecule has 0 fully saturated rings. The fourth-order valence-electron chi connectivity index (χ4n) is 1.40. The summed E-state index contributed by atoms with van der Waals surface area (Å²) in [5.74, 6) is 0.233. The molecule has 0 aliphatic rings. The Morgan fingerprint density at radius 2 is 2.21 bits per heavy atom. The summed E-state index contributed by atoms with van der Waals surface area (Å²) in [6, 6.07) is 7.04. The summed E-state index contributed by atoms with van der Waals surface area (Å²) in [5.41, 5.74) is 0.875. The number of benzene rings is 1. The number of amides is 1. The highest BCUT2D eigenvalue weighted by Gasteiger charge is 2.17. The van der Waals surface area contributed by atoms with E-state index in [0.29, 0.717) is 15.9 Å². The molecule has 1 amide bonds. The van der Waals surface area contributed by atoms with Gasteiger partial charge in [0, 0.05) is 5.38 Å². The zero-order valence-electron chi connectivity index (χ0n) is 10.5. The van der Waals surface area contributed by atoms with E-state index in [4.69, 9.17) is 16.3 Å². The quantitative estimate of drug-likeness (QED) is 0.939. The van der Waals surface area contributed by atoms with Crippen molar-refractivity contribution in [2.45, 2.75) is 20.0 Å². The first-order valence-corrected chi connectivity index (χ1v) is 6.96. The van der Waals surface area contributed by atoms with Crippen LogP contribution in [0.5, 0.6) is 5.75 Å². The first-order valence-electron chi connectivity index (χ1n) is 5.70. The number of para-hydroxylation sites is 1. The van der Waals surface area contributed by atoms with Crippen molar-refractivity contribution in [3.05, 3.63) is 40.4 Å². The van der Waals surface area contributed by atoms with Gasteiger partial charge >= 0.3 is 0 Å².